The zero-order valence-electron chi connectivity index (χ0n) is 10.1. The minimum absolute atomic E-state index is 0.313. The Morgan fingerprint density at radius 1 is 1.39 bits per heavy atom. The molecule has 0 radical (unpaired) electrons. The Morgan fingerprint density at radius 3 is 3.00 bits per heavy atom. The third-order valence-electron chi connectivity index (χ3n) is 2.56. The van der Waals surface area contributed by atoms with Crippen LogP contribution in [0.1, 0.15) is 5.56 Å². The van der Waals surface area contributed by atoms with Crippen LogP contribution >= 0.6 is 0 Å². The van der Waals surface area contributed by atoms with Crippen LogP contribution in [0.25, 0.3) is 11.3 Å². The Hall–Kier alpha value is -1.72. The van der Waals surface area contributed by atoms with Crippen LogP contribution in [0.5, 0.6) is 0 Å². The van der Waals surface area contributed by atoms with E-state index in [1.165, 1.54) is 6.07 Å². The number of nitrogens with one attached hydrogen (secondary N) is 1. The first kappa shape index (κ1) is 12.7. The molecule has 5 heteroatoms. The molecule has 0 spiro atoms. The fourth-order valence-corrected chi connectivity index (χ4v) is 1.65. The molecule has 0 amide bonds. The third-order valence-corrected chi connectivity index (χ3v) is 2.56. The molecule has 2 rings (SSSR count). The highest BCUT2D eigenvalue weighted by Gasteiger charge is 2.13. The van der Waals surface area contributed by atoms with Gasteiger partial charge in [-0.15, -0.1) is 0 Å². The van der Waals surface area contributed by atoms with Crippen molar-refractivity contribution in [2.24, 2.45) is 0 Å². The second-order valence-electron chi connectivity index (χ2n) is 3.83. The van der Waals surface area contributed by atoms with Gasteiger partial charge < -0.3 is 14.6 Å². The molecule has 0 atom stereocenters. The summed E-state index contributed by atoms with van der Waals surface area (Å²) < 4.78 is 23.7. The van der Waals surface area contributed by atoms with Gasteiger partial charge in [-0.05, 0) is 12.1 Å². The number of hydrogen-bond donors (Lipinski definition) is 1. The van der Waals surface area contributed by atoms with Gasteiger partial charge in [-0.3, -0.25) is 0 Å². The summed E-state index contributed by atoms with van der Waals surface area (Å²) in [5, 5.41) is 6.90. The van der Waals surface area contributed by atoms with Crippen molar-refractivity contribution in [3.05, 3.63) is 41.8 Å². The molecule has 1 heterocycles. The molecule has 0 aliphatic carbocycles. The molecule has 1 aromatic heterocycles. The molecule has 96 valence electrons. The summed E-state index contributed by atoms with van der Waals surface area (Å²) in [6.45, 7) is 1.91. The van der Waals surface area contributed by atoms with Crippen LogP contribution in [0.3, 0.4) is 0 Å². The summed E-state index contributed by atoms with van der Waals surface area (Å²) >= 11 is 0. The molecule has 0 fully saturated rings. The Labute approximate surface area is 105 Å². The topological polar surface area (TPSA) is 47.3 Å². The number of halogens is 1. The predicted molar refractivity (Wildman–Crippen MR) is 65.5 cm³/mol. The maximum atomic E-state index is 13.6. The second kappa shape index (κ2) is 6.28. The van der Waals surface area contributed by atoms with E-state index in [0.29, 0.717) is 24.5 Å². The highest BCUT2D eigenvalue weighted by molar-refractivity contribution is 5.61. The van der Waals surface area contributed by atoms with Crippen LogP contribution in [0.2, 0.25) is 0 Å². The molecule has 1 N–H and O–H groups in total. The molecule has 1 aromatic carbocycles. The summed E-state index contributed by atoms with van der Waals surface area (Å²) in [5.74, 6) is 0.158. The smallest absolute Gasteiger partial charge is 0.174 e. The van der Waals surface area contributed by atoms with E-state index in [-0.39, 0.29) is 5.82 Å². The number of aromatic nitrogens is 1. The van der Waals surface area contributed by atoms with Gasteiger partial charge in [0, 0.05) is 25.8 Å². The summed E-state index contributed by atoms with van der Waals surface area (Å²) in [7, 11) is 1.64. The van der Waals surface area contributed by atoms with Crippen molar-refractivity contribution in [2.75, 3.05) is 20.3 Å². The van der Waals surface area contributed by atoms with E-state index in [1.807, 2.05) is 0 Å². The zero-order valence-corrected chi connectivity index (χ0v) is 10.1. The maximum Gasteiger partial charge on any atom is 0.174 e. The van der Waals surface area contributed by atoms with E-state index in [1.54, 1.807) is 31.5 Å². The largest absolute Gasteiger partial charge is 0.383 e. The molecule has 2 aromatic rings. The quantitative estimate of drug-likeness (QED) is 0.798. The lowest BCUT2D eigenvalue weighted by Gasteiger charge is -2.04. The minimum atomic E-state index is -0.313. The van der Waals surface area contributed by atoms with E-state index >= 15 is 0 Å². The van der Waals surface area contributed by atoms with Gasteiger partial charge in [-0.2, -0.15) is 0 Å². The van der Waals surface area contributed by atoms with Crippen LogP contribution in [-0.4, -0.2) is 25.4 Å². The molecule has 18 heavy (non-hydrogen) atoms. The van der Waals surface area contributed by atoms with Crippen molar-refractivity contribution in [3.63, 3.8) is 0 Å². The van der Waals surface area contributed by atoms with Crippen molar-refractivity contribution in [2.45, 2.75) is 6.54 Å². The zero-order chi connectivity index (χ0) is 12.8. The lowest BCUT2D eigenvalue weighted by molar-refractivity contribution is 0.199. The summed E-state index contributed by atoms with van der Waals surface area (Å²) in [6, 6.07) is 6.49. The molecule has 4 nitrogen and oxygen atoms in total. The van der Waals surface area contributed by atoms with Gasteiger partial charge in [0.05, 0.1) is 18.4 Å². The summed E-state index contributed by atoms with van der Waals surface area (Å²) in [4.78, 5) is 0. The molecule has 0 aliphatic rings. The molecule has 0 bridgehead atoms. The van der Waals surface area contributed by atoms with Gasteiger partial charge in [-0.25, -0.2) is 4.39 Å². The average Bonchev–Trinajstić information content (AvgIpc) is 2.83. The number of methoxy groups -OCH3 is 1. The van der Waals surface area contributed by atoms with Gasteiger partial charge in [0.1, 0.15) is 5.82 Å². The van der Waals surface area contributed by atoms with Gasteiger partial charge in [0.15, 0.2) is 5.76 Å². The van der Waals surface area contributed by atoms with E-state index in [0.717, 1.165) is 12.1 Å². The highest BCUT2D eigenvalue weighted by Crippen LogP contribution is 2.25. The molecule has 0 aliphatic heterocycles. The fraction of sp³-hybridized carbons (Fsp3) is 0.308. The standard InChI is InChI=1S/C13H15FN2O2/c1-17-7-6-15-8-10-9-16-18-13(10)11-4-2-3-5-12(11)14/h2-5,9,15H,6-8H2,1H3. The Bertz CT molecular complexity index is 499. The van der Waals surface area contributed by atoms with Crippen LogP contribution in [0.15, 0.2) is 35.0 Å². The first-order valence-corrected chi connectivity index (χ1v) is 5.71. The average molecular weight is 250 g/mol. The van der Waals surface area contributed by atoms with Gasteiger partial charge in [0.25, 0.3) is 0 Å². The minimum Gasteiger partial charge on any atom is -0.383 e. The Morgan fingerprint density at radius 2 is 2.22 bits per heavy atom. The summed E-state index contributed by atoms with van der Waals surface area (Å²) in [6.07, 6.45) is 1.60. The first-order chi connectivity index (χ1) is 8.83. The van der Waals surface area contributed by atoms with Gasteiger partial charge >= 0.3 is 0 Å². The van der Waals surface area contributed by atoms with E-state index in [4.69, 9.17) is 9.26 Å². The second-order valence-corrected chi connectivity index (χ2v) is 3.83. The Balaban J connectivity index is 2.10. The lowest BCUT2D eigenvalue weighted by Crippen LogP contribution is -2.18. The maximum absolute atomic E-state index is 13.6. The van der Waals surface area contributed by atoms with Gasteiger partial charge in [-0.1, -0.05) is 17.3 Å². The molecule has 0 unspecified atom stereocenters. The van der Waals surface area contributed by atoms with E-state index < -0.39 is 0 Å². The van der Waals surface area contributed by atoms with Crippen LogP contribution in [0.4, 0.5) is 4.39 Å². The van der Waals surface area contributed by atoms with Crippen LogP contribution in [0, 0.1) is 5.82 Å². The highest BCUT2D eigenvalue weighted by atomic mass is 19.1. The molecular weight excluding hydrogens is 235 g/mol. The van der Waals surface area contributed by atoms with Crippen molar-refractivity contribution < 1.29 is 13.7 Å². The predicted octanol–water partition coefficient (Wildman–Crippen LogP) is 2.22. The Kier molecular flexibility index (Phi) is 4.44. The normalized spacial score (nSPS) is 10.8. The molecular formula is C13H15FN2O2. The number of rotatable bonds is 6. The van der Waals surface area contributed by atoms with Crippen LogP contribution < -0.4 is 5.32 Å². The van der Waals surface area contributed by atoms with Gasteiger partial charge in [0.2, 0.25) is 0 Å². The molecule has 0 saturated heterocycles. The lowest BCUT2D eigenvalue weighted by atomic mass is 10.1. The number of ether oxygens (including phenoxy) is 1. The van der Waals surface area contributed by atoms with Crippen molar-refractivity contribution in [1.82, 2.24) is 10.5 Å². The number of hydrogen-bond acceptors (Lipinski definition) is 4. The van der Waals surface area contributed by atoms with Crippen molar-refractivity contribution in [1.29, 1.82) is 0 Å². The SMILES string of the molecule is COCCNCc1cnoc1-c1ccccc1F. The monoisotopic (exact) mass is 250 g/mol. The molecule has 0 saturated carbocycles. The van der Waals surface area contributed by atoms with E-state index in [9.17, 15) is 4.39 Å². The fourth-order valence-electron chi connectivity index (χ4n) is 1.65. The first-order valence-electron chi connectivity index (χ1n) is 5.71. The van der Waals surface area contributed by atoms with Crippen molar-refractivity contribution in [3.8, 4) is 11.3 Å². The van der Waals surface area contributed by atoms with Crippen molar-refractivity contribution >= 4 is 0 Å². The number of nitrogens with zero attached hydrogens (tertiary/aromatic N) is 1. The van der Waals surface area contributed by atoms with E-state index in [2.05, 4.69) is 10.5 Å². The summed E-state index contributed by atoms with van der Waals surface area (Å²) in [5.41, 5.74) is 1.26. The third kappa shape index (κ3) is 2.94. The van der Waals surface area contributed by atoms with Crippen LogP contribution in [-0.2, 0) is 11.3 Å². The number of benzene rings is 1.